The number of halogens is 1. The smallest absolute Gasteiger partial charge is 0.209 e. The van der Waals surface area contributed by atoms with Crippen molar-refractivity contribution in [3.05, 3.63) is 29.6 Å². The van der Waals surface area contributed by atoms with Crippen LogP contribution in [0.1, 0.15) is 5.56 Å². The van der Waals surface area contributed by atoms with Gasteiger partial charge in [-0.2, -0.15) is 0 Å². The summed E-state index contributed by atoms with van der Waals surface area (Å²) in [7, 11) is 1.73. The summed E-state index contributed by atoms with van der Waals surface area (Å²) in [5.74, 6) is 0.0792. The fourth-order valence-electron chi connectivity index (χ4n) is 1.20. The Bertz CT molecular complexity index is 498. The van der Waals surface area contributed by atoms with Gasteiger partial charge >= 0.3 is 0 Å². The first kappa shape index (κ1) is 10.9. The Morgan fingerprint density at radius 2 is 2.31 bits per heavy atom. The lowest BCUT2D eigenvalue weighted by Crippen LogP contribution is -1.97. The van der Waals surface area contributed by atoms with Crippen molar-refractivity contribution in [2.45, 2.75) is 10.9 Å². The van der Waals surface area contributed by atoms with E-state index >= 15 is 0 Å². The van der Waals surface area contributed by atoms with Gasteiger partial charge < -0.3 is 5.73 Å². The number of aryl methyl sites for hydroxylation is 1. The summed E-state index contributed by atoms with van der Waals surface area (Å²) in [4.78, 5) is 0. The van der Waals surface area contributed by atoms with E-state index in [1.165, 1.54) is 22.5 Å². The highest BCUT2D eigenvalue weighted by Crippen LogP contribution is 2.23. The van der Waals surface area contributed by atoms with Crippen molar-refractivity contribution in [3.8, 4) is 0 Å². The predicted molar refractivity (Wildman–Crippen MR) is 59.2 cm³/mol. The number of thioether (sulfide) groups is 1. The first-order chi connectivity index (χ1) is 7.68. The molecule has 0 spiro atoms. The maximum absolute atomic E-state index is 13.5. The minimum atomic E-state index is -0.370. The van der Waals surface area contributed by atoms with Gasteiger partial charge in [0.2, 0.25) is 5.16 Å². The topological polar surface area (TPSA) is 69.6 Å². The van der Waals surface area contributed by atoms with E-state index in [0.29, 0.717) is 16.5 Å². The van der Waals surface area contributed by atoms with Gasteiger partial charge in [0.1, 0.15) is 5.82 Å². The minimum Gasteiger partial charge on any atom is -0.396 e. The molecule has 1 heterocycles. The van der Waals surface area contributed by atoms with Crippen molar-refractivity contribution in [2.75, 3.05) is 5.73 Å². The molecule has 2 N–H and O–H groups in total. The number of nitrogens with zero attached hydrogens (tertiary/aromatic N) is 4. The van der Waals surface area contributed by atoms with Crippen molar-refractivity contribution in [2.24, 2.45) is 7.05 Å². The SMILES string of the molecule is Cn1nnnc1SCc1cccc(N)c1F. The molecule has 0 bridgehead atoms. The molecule has 7 heteroatoms. The van der Waals surface area contributed by atoms with Crippen LogP contribution in [0.3, 0.4) is 0 Å². The van der Waals surface area contributed by atoms with Crippen LogP contribution in [-0.4, -0.2) is 20.2 Å². The van der Waals surface area contributed by atoms with Gasteiger partial charge in [0.05, 0.1) is 5.69 Å². The van der Waals surface area contributed by atoms with E-state index in [9.17, 15) is 4.39 Å². The molecule has 84 valence electrons. The Kier molecular flexibility index (Phi) is 3.04. The van der Waals surface area contributed by atoms with Crippen LogP contribution in [0.5, 0.6) is 0 Å². The van der Waals surface area contributed by atoms with Gasteiger partial charge in [-0.1, -0.05) is 23.9 Å². The zero-order chi connectivity index (χ0) is 11.5. The van der Waals surface area contributed by atoms with E-state index in [-0.39, 0.29) is 11.5 Å². The van der Waals surface area contributed by atoms with Gasteiger partial charge in [0, 0.05) is 18.4 Å². The van der Waals surface area contributed by atoms with E-state index in [2.05, 4.69) is 15.5 Å². The van der Waals surface area contributed by atoms with Crippen LogP contribution in [0, 0.1) is 5.82 Å². The van der Waals surface area contributed by atoms with Crippen LogP contribution < -0.4 is 5.73 Å². The van der Waals surface area contributed by atoms with Crippen LogP contribution >= 0.6 is 11.8 Å². The fourth-order valence-corrected chi connectivity index (χ4v) is 2.02. The van der Waals surface area contributed by atoms with Gasteiger partial charge in [0.25, 0.3) is 0 Å². The average Bonchev–Trinajstić information content (AvgIpc) is 2.67. The molecule has 16 heavy (non-hydrogen) atoms. The summed E-state index contributed by atoms with van der Waals surface area (Å²) in [6.07, 6.45) is 0. The second-order valence-electron chi connectivity index (χ2n) is 3.19. The third-order valence-electron chi connectivity index (χ3n) is 2.05. The molecule has 5 nitrogen and oxygen atoms in total. The molecule has 0 aliphatic carbocycles. The number of tetrazole rings is 1. The van der Waals surface area contributed by atoms with Gasteiger partial charge in [-0.3, -0.25) is 0 Å². The number of rotatable bonds is 3. The Balaban J connectivity index is 2.11. The molecular formula is C9H10FN5S. The summed E-state index contributed by atoms with van der Waals surface area (Å²) in [5, 5.41) is 11.6. The van der Waals surface area contributed by atoms with Crippen LogP contribution in [-0.2, 0) is 12.8 Å². The molecular weight excluding hydrogens is 229 g/mol. The molecule has 0 unspecified atom stereocenters. The average molecular weight is 239 g/mol. The Labute approximate surface area is 95.8 Å². The fraction of sp³-hybridized carbons (Fsp3) is 0.222. The summed E-state index contributed by atoms with van der Waals surface area (Å²) in [6, 6.07) is 4.96. The van der Waals surface area contributed by atoms with Gasteiger partial charge in [-0.25, -0.2) is 9.07 Å². The standard InChI is InChI=1S/C9H10FN5S/c1-15-9(12-13-14-15)16-5-6-3-2-4-7(11)8(6)10/h2-4H,5,11H2,1H3. The van der Waals surface area contributed by atoms with Crippen molar-refractivity contribution in [1.29, 1.82) is 0 Å². The molecule has 0 saturated carbocycles. The van der Waals surface area contributed by atoms with Crippen molar-refractivity contribution in [1.82, 2.24) is 20.2 Å². The Hall–Kier alpha value is -1.63. The molecule has 0 fully saturated rings. The molecule has 2 rings (SSSR count). The second kappa shape index (κ2) is 4.48. The lowest BCUT2D eigenvalue weighted by Gasteiger charge is -2.03. The van der Waals surface area contributed by atoms with Crippen LogP contribution in [0.2, 0.25) is 0 Å². The summed E-state index contributed by atoms with van der Waals surface area (Å²) >= 11 is 1.36. The first-order valence-electron chi connectivity index (χ1n) is 4.56. The number of hydrogen-bond acceptors (Lipinski definition) is 5. The molecule has 1 aromatic heterocycles. The highest BCUT2D eigenvalue weighted by molar-refractivity contribution is 7.98. The summed E-state index contributed by atoms with van der Waals surface area (Å²) in [6.45, 7) is 0. The van der Waals surface area contributed by atoms with Crippen molar-refractivity contribution < 1.29 is 4.39 Å². The van der Waals surface area contributed by atoms with E-state index in [0.717, 1.165) is 0 Å². The maximum Gasteiger partial charge on any atom is 0.209 e. The second-order valence-corrected chi connectivity index (χ2v) is 4.14. The number of anilines is 1. The molecule has 0 aliphatic rings. The Morgan fingerprint density at radius 3 is 3.00 bits per heavy atom. The third-order valence-corrected chi connectivity index (χ3v) is 3.11. The lowest BCUT2D eigenvalue weighted by atomic mass is 10.2. The number of nitrogens with two attached hydrogens (primary N) is 1. The highest BCUT2D eigenvalue weighted by atomic mass is 32.2. The molecule has 0 saturated heterocycles. The number of hydrogen-bond donors (Lipinski definition) is 1. The van der Waals surface area contributed by atoms with E-state index < -0.39 is 0 Å². The molecule has 2 aromatic rings. The van der Waals surface area contributed by atoms with Crippen molar-refractivity contribution in [3.63, 3.8) is 0 Å². The maximum atomic E-state index is 13.5. The number of benzene rings is 1. The monoisotopic (exact) mass is 239 g/mol. The van der Waals surface area contributed by atoms with Crippen molar-refractivity contribution >= 4 is 17.4 Å². The zero-order valence-electron chi connectivity index (χ0n) is 8.59. The molecule has 0 radical (unpaired) electrons. The third kappa shape index (κ3) is 2.13. The summed E-state index contributed by atoms with van der Waals surface area (Å²) in [5.41, 5.74) is 6.18. The van der Waals surface area contributed by atoms with Crippen LogP contribution in [0.4, 0.5) is 10.1 Å². The molecule has 0 atom stereocenters. The van der Waals surface area contributed by atoms with Crippen LogP contribution in [0.25, 0.3) is 0 Å². The highest BCUT2D eigenvalue weighted by Gasteiger charge is 2.08. The van der Waals surface area contributed by atoms with E-state index in [4.69, 9.17) is 5.73 Å². The quantitative estimate of drug-likeness (QED) is 0.644. The van der Waals surface area contributed by atoms with E-state index in [1.807, 2.05) is 0 Å². The zero-order valence-corrected chi connectivity index (χ0v) is 9.41. The van der Waals surface area contributed by atoms with Gasteiger partial charge in [-0.05, 0) is 16.5 Å². The number of nitrogen functional groups attached to an aromatic ring is 1. The predicted octanol–water partition coefficient (Wildman–Crippen LogP) is 1.22. The first-order valence-corrected chi connectivity index (χ1v) is 5.55. The lowest BCUT2D eigenvalue weighted by molar-refractivity contribution is 0.621. The number of aromatic nitrogens is 4. The molecule has 0 amide bonds. The van der Waals surface area contributed by atoms with Gasteiger partial charge in [-0.15, -0.1) is 5.10 Å². The molecule has 0 aliphatic heterocycles. The minimum absolute atomic E-state index is 0.161. The van der Waals surface area contributed by atoms with Crippen LogP contribution in [0.15, 0.2) is 23.4 Å². The Morgan fingerprint density at radius 1 is 1.50 bits per heavy atom. The van der Waals surface area contributed by atoms with E-state index in [1.54, 1.807) is 19.2 Å². The van der Waals surface area contributed by atoms with Gasteiger partial charge in [0.15, 0.2) is 0 Å². The molecule has 1 aromatic carbocycles. The summed E-state index contributed by atoms with van der Waals surface area (Å²) < 4.78 is 15.1. The normalized spacial score (nSPS) is 10.6. The largest absolute Gasteiger partial charge is 0.396 e.